The van der Waals surface area contributed by atoms with Gasteiger partial charge in [0.15, 0.2) is 23.9 Å². The highest BCUT2D eigenvalue weighted by Gasteiger charge is 2.17. The van der Waals surface area contributed by atoms with Crippen molar-refractivity contribution in [3.63, 3.8) is 0 Å². The summed E-state index contributed by atoms with van der Waals surface area (Å²) < 4.78 is 16.0. The average Bonchev–Trinajstić information content (AvgIpc) is 2.65. The van der Waals surface area contributed by atoms with Crippen LogP contribution in [0.2, 0.25) is 0 Å². The van der Waals surface area contributed by atoms with Crippen LogP contribution in [0, 0.1) is 0 Å². The van der Waals surface area contributed by atoms with Crippen molar-refractivity contribution in [3.05, 3.63) is 53.6 Å². The molecule has 2 aromatic rings. The smallest absolute Gasteiger partial charge is 0.338 e. The van der Waals surface area contributed by atoms with Crippen LogP contribution in [0.3, 0.4) is 0 Å². The van der Waals surface area contributed by atoms with Crippen LogP contribution in [-0.4, -0.2) is 45.7 Å². The molecule has 6 heteroatoms. The van der Waals surface area contributed by atoms with E-state index in [-0.39, 0.29) is 12.4 Å². The summed E-state index contributed by atoms with van der Waals surface area (Å²) in [6.07, 6.45) is 0. The third-order valence-corrected chi connectivity index (χ3v) is 3.80. The number of ketones is 1. The zero-order valence-corrected chi connectivity index (χ0v) is 14.2. The average molecular weight is 341 g/mol. The molecule has 3 rings (SSSR count). The van der Waals surface area contributed by atoms with E-state index in [9.17, 15) is 9.59 Å². The molecule has 130 valence electrons. The van der Waals surface area contributed by atoms with E-state index in [4.69, 9.17) is 14.2 Å². The summed E-state index contributed by atoms with van der Waals surface area (Å²) in [5.74, 6) is 0.311. The lowest BCUT2D eigenvalue weighted by atomic mass is 10.1. The number of esters is 1. The van der Waals surface area contributed by atoms with Crippen molar-refractivity contribution in [2.75, 3.05) is 38.8 Å². The molecule has 0 spiro atoms. The van der Waals surface area contributed by atoms with Gasteiger partial charge in [0.05, 0.1) is 5.56 Å². The molecule has 0 atom stereocenters. The number of carbonyl (C=O) groups excluding carboxylic acids is 2. The third kappa shape index (κ3) is 3.91. The van der Waals surface area contributed by atoms with E-state index in [1.54, 1.807) is 36.4 Å². The van der Waals surface area contributed by atoms with Crippen LogP contribution in [0.5, 0.6) is 11.5 Å². The van der Waals surface area contributed by atoms with E-state index in [0.29, 0.717) is 35.8 Å². The molecule has 0 aliphatic carbocycles. The largest absolute Gasteiger partial charge is 0.486 e. The number of hydrogen-bond donors (Lipinski definition) is 0. The predicted octanol–water partition coefficient (Wildman–Crippen LogP) is 2.56. The van der Waals surface area contributed by atoms with Crippen LogP contribution in [-0.2, 0) is 4.74 Å². The van der Waals surface area contributed by atoms with E-state index >= 15 is 0 Å². The first kappa shape index (κ1) is 16.8. The van der Waals surface area contributed by atoms with Crippen molar-refractivity contribution < 1.29 is 23.8 Å². The van der Waals surface area contributed by atoms with Crippen LogP contribution in [0.1, 0.15) is 20.7 Å². The lowest BCUT2D eigenvalue weighted by molar-refractivity contribution is 0.0474. The predicted molar refractivity (Wildman–Crippen MR) is 92.8 cm³/mol. The highest BCUT2D eigenvalue weighted by atomic mass is 16.6. The maximum Gasteiger partial charge on any atom is 0.338 e. The van der Waals surface area contributed by atoms with Gasteiger partial charge in [0.1, 0.15) is 13.2 Å². The Kier molecular flexibility index (Phi) is 4.88. The molecule has 1 aliphatic heterocycles. The second-order valence-electron chi connectivity index (χ2n) is 5.80. The number of nitrogens with zero attached hydrogens (tertiary/aromatic N) is 1. The Balaban J connectivity index is 1.64. The topological polar surface area (TPSA) is 65.1 Å². The zero-order valence-electron chi connectivity index (χ0n) is 14.2. The van der Waals surface area contributed by atoms with Gasteiger partial charge in [-0.15, -0.1) is 0 Å². The van der Waals surface area contributed by atoms with E-state index < -0.39 is 5.97 Å². The molecule has 1 aliphatic rings. The lowest BCUT2D eigenvalue weighted by Crippen LogP contribution is -2.17. The molecule has 0 bridgehead atoms. The number of rotatable bonds is 5. The van der Waals surface area contributed by atoms with Gasteiger partial charge in [-0.3, -0.25) is 4.79 Å². The van der Waals surface area contributed by atoms with Crippen LogP contribution in [0.15, 0.2) is 42.5 Å². The van der Waals surface area contributed by atoms with Gasteiger partial charge < -0.3 is 19.1 Å². The van der Waals surface area contributed by atoms with Crippen molar-refractivity contribution in [3.8, 4) is 11.5 Å². The number of anilines is 1. The minimum Gasteiger partial charge on any atom is -0.486 e. The van der Waals surface area contributed by atoms with Gasteiger partial charge in [0, 0.05) is 25.3 Å². The highest BCUT2D eigenvalue weighted by Crippen LogP contribution is 2.30. The van der Waals surface area contributed by atoms with Crippen molar-refractivity contribution in [2.24, 2.45) is 0 Å². The normalized spacial score (nSPS) is 12.4. The second kappa shape index (κ2) is 7.25. The summed E-state index contributed by atoms with van der Waals surface area (Å²) in [5.41, 5.74) is 1.70. The molecule has 0 saturated carbocycles. The maximum atomic E-state index is 12.3. The molecular weight excluding hydrogens is 322 g/mol. The number of Topliss-reactive ketones (excluding diaryl/α,β-unsaturated/α-hetero) is 1. The van der Waals surface area contributed by atoms with Gasteiger partial charge in [-0.25, -0.2) is 4.79 Å². The molecule has 0 N–H and O–H groups in total. The minimum absolute atomic E-state index is 0.297. The molecule has 0 amide bonds. The fourth-order valence-electron chi connectivity index (χ4n) is 2.43. The van der Waals surface area contributed by atoms with Crippen molar-refractivity contribution >= 4 is 17.4 Å². The fraction of sp³-hybridized carbons (Fsp3) is 0.263. The summed E-state index contributed by atoms with van der Waals surface area (Å²) >= 11 is 0. The van der Waals surface area contributed by atoms with Crippen molar-refractivity contribution in [2.45, 2.75) is 0 Å². The Morgan fingerprint density at radius 3 is 2.52 bits per heavy atom. The Morgan fingerprint density at radius 2 is 1.76 bits per heavy atom. The lowest BCUT2D eigenvalue weighted by Gasteiger charge is -2.18. The standard InChI is InChI=1S/C19H19NO5/c1-20(2)15-5-3-4-14(10-15)19(22)25-12-16(21)13-6-7-17-18(11-13)24-9-8-23-17/h3-7,10-11H,8-9,12H2,1-2H3. The molecule has 2 aromatic carbocycles. The van der Waals surface area contributed by atoms with E-state index in [1.165, 1.54) is 0 Å². The van der Waals surface area contributed by atoms with Gasteiger partial charge in [0.2, 0.25) is 0 Å². The first-order valence-corrected chi connectivity index (χ1v) is 7.92. The summed E-state index contributed by atoms with van der Waals surface area (Å²) in [7, 11) is 3.77. The van der Waals surface area contributed by atoms with Gasteiger partial charge in [-0.1, -0.05) is 6.07 Å². The highest BCUT2D eigenvalue weighted by molar-refractivity contribution is 6.00. The quantitative estimate of drug-likeness (QED) is 0.615. The van der Waals surface area contributed by atoms with Gasteiger partial charge in [-0.2, -0.15) is 0 Å². The molecule has 6 nitrogen and oxygen atoms in total. The SMILES string of the molecule is CN(C)c1cccc(C(=O)OCC(=O)c2ccc3c(c2)OCCO3)c1. The van der Waals surface area contributed by atoms with Gasteiger partial charge in [-0.05, 0) is 36.4 Å². The summed E-state index contributed by atoms with van der Waals surface area (Å²) in [4.78, 5) is 26.3. The summed E-state index contributed by atoms with van der Waals surface area (Å²) in [6, 6.07) is 12.0. The van der Waals surface area contributed by atoms with E-state index in [2.05, 4.69) is 0 Å². The Morgan fingerprint density at radius 1 is 1.00 bits per heavy atom. The van der Waals surface area contributed by atoms with E-state index in [1.807, 2.05) is 25.1 Å². The Bertz CT molecular complexity index is 800. The molecule has 0 unspecified atom stereocenters. The number of hydrogen-bond acceptors (Lipinski definition) is 6. The Labute approximate surface area is 145 Å². The molecule has 0 fully saturated rings. The number of ether oxygens (including phenoxy) is 3. The number of fused-ring (bicyclic) bond motifs is 1. The van der Waals surface area contributed by atoms with Crippen molar-refractivity contribution in [1.29, 1.82) is 0 Å². The van der Waals surface area contributed by atoms with Gasteiger partial charge in [0.25, 0.3) is 0 Å². The monoisotopic (exact) mass is 341 g/mol. The van der Waals surface area contributed by atoms with Crippen LogP contribution < -0.4 is 14.4 Å². The Hall–Kier alpha value is -3.02. The van der Waals surface area contributed by atoms with E-state index in [0.717, 1.165) is 5.69 Å². The van der Waals surface area contributed by atoms with Crippen LogP contribution >= 0.6 is 0 Å². The second-order valence-corrected chi connectivity index (χ2v) is 5.80. The van der Waals surface area contributed by atoms with Crippen LogP contribution in [0.25, 0.3) is 0 Å². The minimum atomic E-state index is -0.533. The number of benzene rings is 2. The molecule has 0 radical (unpaired) electrons. The molecule has 25 heavy (non-hydrogen) atoms. The first-order valence-electron chi connectivity index (χ1n) is 7.92. The fourth-order valence-corrected chi connectivity index (χ4v) is 2.43. The maximum absolute atomic E-state index is 12.3. The summed E-state index contributed by atoms with van der Waals surface area (Å²) in [6.45, 7) is 0.608. The number of carbonyl (C=O) groups is 2. The zero-order chi connectivity index (χ0) is 17.8. The summed E-state index contributed by atoms with van der Waals surface area (Å²) in [5, 5.41) is 0. The first-order chi connectivity index (χ1) is 12.0. The van der Waals surface area contributed by atoms with Crippen molar-refractivity contribution in [1.82, 2.24) is 0 Å². The molecular formula is C19H19NO5. The van der Waals surface area contributed by atoms with Gasteiger partial charge >= 0.3 is 5.97 Å². The van der Waals surface area contributed by atoms with Crippen LogP contribution in [0.4, 0.5) is 5.69 Å². The molecule has 1 heterocycles. The third-order valence-electron chi connectivity index (χ3n) is 3.80. The molecule has 0 aromatic heterocycles. The molecule has 0 saturated heterocycles.